The zero-order valence-corrected chi connectivity index (χ0v) is 10.1. The topological polar surface area (TPSA) is 34.1 Å². The molecule has 0 spiro atoms. The first-order valence-electron chi connectivity index (χ1n) is 5.69. The van der Waals surface area contributed by atoms with E-state index in [0.29, 0.717) is 0 Å². The third-order valence-corrected chi connectivity index (χ3v) is 2.18. The van der Waals surface area contributed by atoms with Gasteiger partial charge in [0, 0.05) is 6.20 Å². The third-order valence-electron chi connectivity index (χ3n) is 2.18. The summed E-state index contributed by atoms with van der Waals surface area (Å²) in [5.74, 6) is 1.65. The maximum Gasteiger partial charge on any atom is 0.143 e. The Balaban J connectivity index is 2.20. The molecule has 1 aromatic carbocycles. The van der Waals surface area contributed by atoms with Crippen LogP contribution >= 0.6 is 0 Å². The molecule has 3 nitrogen and oxygen atoms in total. The summed E-state index contributed by atoms with van der Waals surface area (Å²) in [4.78, 5) is 4.23. The van der Waals surface area contributed by atoms with Gasteiger partial charge in [-0.2, -0.15) is 0 Å². The van der Waals surface area contributed by atoms with Gasteiger partial charge in [-0.1, -0.05) is 18.2 Å². The predicted molar refractivity (Wildman–Crippen MR) is 69.7 cm³/mol. The molecule has 0 aliphatic rings. The molecule has 0 radical (unpaired) electrons. The van der Waals surface area contributed by atoms with Gasteiger partial charge in [0.25, 0.3) is 0 Å². The highest BCUT2D eigenvalue weighted by molar-refractivity contribution is 5.63. The third kappa shape index (κ3) is 3.21. The molecule has 0 bridgehead atoms. The van der Waals surface area contributed by atoms with Crippen LogP contribution < -0.4 is 10.1 Å². The molecule has 0 unspecified atom stereocenters. The fourth-order valence-corrected chi connectivity index (χ4v) is 1.50. The summed E-state index contributed by atoms with van der Waals surface area (Å²) in [5.41, 5.74) is 0.930. The Bertz CT molecular complexity index is 469. The molecule has 1 heterocycles. The molecule has 0 atom stereocenters. The van der Waals surface area contributed by atoms with Gasteiger partial charge in [0.2, 0.25) is 0 Å². The Labute approximate surface area is 101 Å². The van der Waals surface area contributed by atoms with E-state index in [9.17, 15) is 0 Å². The van der Waals surface area contributed by atoms with Crippen LogP contribution in [-0.2, 0) is 0 Å². The second-order valence-corrected chi connectivity index (χ2v) is 4.00. The number of para-hydroxylation sites is 2. The van der Waals surface area contributed by atoms with E-state index >= 15 is 0 Å². The van der Waals surface area contributed by atoms with Crippen LogP contribution in [0.25, 0.3) is 0 Å². The Kier molecular flexibility index (Phi) is 3.60. The molecule has 0 amide bonds. The molecule has 88 valence electrons. The fraction of sp³-hybridized carbons (Fsp3) is 0.214. The molecular weight excluding hydrogens is 212 g/mol. The normalized spacial score (nSPS) is 10.3. The summed E-state index contributed by atoms with van der Waals surface area (Å²) in [6.07, 6.45) is 1.91. The number of ether oxygens (including phenoxy) is 1. The van der Waals surface area contributed by atoms with Gasteiger partial charge < -0.3 is 10.1 Å². The molecule has 3 heteroatoms. The summed E-state index contributed by atoms with van der Waals surface area (Å²) in [6.45, 7) is 4.02. The minimum absolute atomic E-state index is 0.154. The Morgan fingerprint density at radius 1 is 1.06 bits per heavy atom. The van der Waals surface area contributed by atoms with Crippen molar-refractivity contribution >= 4 is 11.5 Å². The minimum Gasteiger partial charge on any atom is -0.489 e. The molecular formula is C14H16N2O. The molecule has 0 fully saturated rings. The van der Waals surface area contributed by atoms with Crippen LogP contribution in [0.3, 0.4) is 0 Å². The van der Waals surface area contributed by atoms with Crippen LogP contribution in [0.2, 0.25) is 0 Å². The van der Waals surface area contributed by atoms with E-state index in [0.717, 1.165) is 17.3 Å². The van der Waals surface area contributed by atoms with Gasteiger partial charge in [0.05, 0.1) is 11.8 Å². The average Bonchev–Trinajstić information content (AvgIpc) is 2.32. The lowest BCUT2D eigenvalue weighted by atomic mass is 10.3. The maximum absolute atomic E-state index is 5.73. The van der Waals surface area contributed by atoms with Crippen molar-refractivity contribution in [1.29, 1.82) is 0 Å². The highest BCUT2D eigenvalue weighted by Gasteiger charge is 2.05. The molecule has 0 saturated carbocycles. The lowest BCUT2D eigenvalue weighted by molar-refractivity contribution is 0.244. The number of nitrogens with zero attached hydrogens (tertiary/aromatic N) is 1. The fourth-order valence-electron chi connectivity index (χ4n) is 1.50. The minimum atomic E-state index is 0.154. The molecule has 0 aliphatic heterocycles. The van der Waals surface area contributed by atoms with Gasteiger partial charge in [-0.05, 0) is 38.1 Å². The number of anilines is 2. The van der Waals surface area contributed by atoms with Crippen molar-refractivity contribution < 1.29 is 4.74 Å². The first-order valence-corrected chi connectivity index (χ1v) is 5.69. The number of hydrogen-bond acceptors (Lipinski definition) is 3. The van der Waals surface area contributed by atoms with Crippen LogP contribution in [0.4, 0.5) is 11.5 Å². The number of aromatic nitrogens is 1. The highest BCUT2D eigenvalue weighted by atomic mass is 16.5. The second kappa shape index (κ2) is 5.34. The summed E-state index contributed by atoms with van der Waals surface area (Å²) in [7, 11) is 0. The first-order chi connectivity index (χ1) is 8.25. The average molecular weight is 228 g/mol. The van der Waals surface area contributed by atoms with Crippen molar-refractivity contribution in [1.82, 2.24) is 4.98 Å². The molecule has 2 aromatic rings. The van der Waals surface area contributed by atoms with E-state index in [4.69, 9.17) is 4.74 Å². The SMILES string of the molecule is CC(C)Oc1ccccc1Nc1ccccn1. The Hall–Kier alpha value is -2.03. The quantitative estimate of drug-likeness (QED) is 0.868. The molecule has 0 aliphatic carbocycles. The van der Waals surface area contributed by atoms with Crippen LogP contribution in [-0.4, -0.2) is 11.1 Å². The van der Waals surface area contributed by atoms with E-state index in [2.05, 4.69) is 10.3 Å². The van der Waals surface area contributed by atoms with Gasteiger partial charge in [-0.15, -0.1) is 0 Å². The van der Waals surface area contributed by atoms with E-state index in [1.165, 1.54) is 0 Å². The number of pyridine rings is 1. The van der Waals surface area contributed by atoms with Crippen molar-refractivity contribution in [2.45, 2.75) is 20.0 Å². The zero-order chi connectivity index (χ0) is 12.1. The van der Waals surface area contributed by atoms with Crippen molar-refractivity contribution in [2.75, 3.05) is 5.32 Å². The second-order valence-electron chi connectivity index (χ2n) is 4.00. The lowest BCUT2D eigenvalue weighted by Gasteiger charge is -2.14. The summed E-state index contributed by atoms with van der Waals surface area (Å²) in [6, 6.07) is 13.6. The standard InChI is InChI=1S/C14H16N2O/c1-11(2)17-13-8-4-3-7-12(13)16-14-9-5-6-10-15-14/h3-11H,1-2H3,(H,15,16). The Morgan fingerprint density at radius 3 is 2.53 bits per heavy atom. The molecule has 1 aromatic heterocycles. The van der Waals surface area contributed by atoms with Gasteiger partial charge in [0.15, 0.2) is 0 Å². The van der Waals surface area contributed by atoms with E-state index in [1.54, 1.807) is 6.20 Å². The smallest absolute Gasteiger partial charge is 0.143 e. The first kappa shape index (κ1) is 11.5. The summed E-state index contributed by atoms with van der Waals surface area (Å²) < 4.78 is 5.73. The lowest BCUT2D eigenvalue weighted by Crippen LogP contribution is -2.07. The Morgan fingerprint density at radius 2 is 1.82 bits per heavy atom. The molecule has 1 N–H and O–H groups in total. The maximum atomic E-state index is 5.73. The largest absolute Gasteiger partial charge is 0.489 e. The van der Waals surface area contributed by atoms with Crippen LogP contribution in [0, 0.1) is 0 Å². The zero-order valence-electron chi connectivity index (χ0n) is 10.1. The molecule has 2 rings (SSSR count). The van der Waals surface area contributed by atoms with E-state index < -0.39 is 0 Å². The summed E-state index contributed by atoms with van der Waals surface area (Å²) >= 11 is 0. The van der Waals surface area contributed by atoms with Crippen molar-refractivity contribution in [3.8, 4) is 5.75 Å². The van der Waals surface area contributed by atoms with Gasteiger partial charge in [0.1, 0.15) is 11.6 Å². The number of nitrogens with one attached hydrogen (secondary N) is 1. The number of rotatable bonds is 4. The van der Waals surface area contributed by atoms with Crippen molar-refractivity contribution in [2.24, 2.45) is 0 Å². The monoisotopic (exact) mass is 228 g/mol. The van der Waals surface area contributed by atoms with E-state index in [-0.39, 0.29) is 6.10 Å². The highest BCUT2D eigenvalue weighted by Crippen LogP contribution is 2.27. The van der Waals surface area contributed by atoms with Gasteiger partial charge in [-0.3, -0.25) is 0 Å². The predicted octanol–water partition coefficient (Wildman–Crippen LogP) is 3.61. The van der Waals surface area contributed by atoms with Crippen LogP contribution in [0.15, 0.2) is 48.7 Å². The van der Waals surface area contributed by atoms with Crippen molar-refractivity contribution in [3.05, 3.63) is 48.7 Å². The van der Waals surface area contributed by atoms with Crippen LogP contribution in [0.5, 0.6) is 5.75 Å². The number of benzene rings is 1. The van der Waals surface area contributed by atoms with Gasteiger partial charge in [-0.25, -0.2) is 4.98 Å². The van der Waals surface area contributed by atoms with Crippen LogP contribution in [0.1, 0.15) is 13.8 Å². The van der Waals surface area contributed by atoms with Crippen molar-refractivity contribution in [3.63, 3.8) is 0 Å². The summed E-state index contributed by atoms with van der Waals surface area (Å²) in [5, 5.41) is 3.24. The number of hydrogen-bond donors (Lipinski definition) is 1. The molecule has 17 heavy (non-hydrogen) atoms. The van der Waals surface area contributed by atoms with E-state index in [1.807, 2.05) is 56.3 Å². The van der Waals surface area contributed by atoms with Gasteiger partial charge >= 0.3 is 0 Å². The molecule has 0 saturated heterocycles.